The van der Waals surface area contributed by atoms with Crippen LogP contribution >= 0.6 is 0 Å². The van der Waals surface area contributed by atoms with Crippen LogP contribution in [-0.2, 0) is 25.6 Å². The van der Waals surface area contributed by atoms with E-state index in [1.807, 2.05) is 19.1 Å². The molecule has 0 aromatic heterocycles. The van der Waals surface area contributed by atoms with Crippen molar-refractivity contribution in [1.82, 2.24) is 10.6 Å². The average molecular weight is 419 g/mol. The number of carbonyl (C=O) groups is 4. The minimum absolute atomic E-state index is 0.216. The van der Waals surface area contributed by atoms with Crippen molar-refractivity contribution in [3.05, 3.63) is 29.8 Å². The lowest BCUT2D eigenvalue weighted by atomic mass is 9.74. The fraction of sp³-hybridized carbons (Fsp3) is 0.545. The van der Waals surface area contributed by atoms with E-state index in [9.17, 15) is 19.2 Å². The first-order valence-electron chi connectivity index (χ1n) is 10.1. The number of hydrogen-bond donors (Lipinski definition) is 4. The fourth-order valence-electron chi connectivity index (χ4n) is 3.08. The first kappa shape index (κ1) is 25.1. The maximum absolute atomic E-state index is 12.6. The summed E-state index contributed by atoms with van der Waals surface area (Å²) < 4.78 is 0. The number of anilines is 1. The fourth-order valence-corrected chi connectivity index (χ4v) is 3.08. The molecule has 0 aliphatic rings. The molecular weight excluding hydrogens is 384 g/mol. The Labute approximate surface area is 178 Å². The Balaban J connectivity index is 2.54. The predicted octanol–water partition coefficient (Wildman–Crippen LogP) is 1.74. The summed E-state index contributed by atoms with van der Waals surface area (Å²) in [6.45, 7) is 10.1. The van der Waals surface area contributed by atoms with E-state index in [2.05, 4.69) is 16.0 Å². The number of amides is 4. The van der Waals surface area contributed by atoms with Crippen molar-refractivity contribution < 1.29 is 19.2 Å². The minimum Gasteiger partial charge on any atom is -0.369 e. The van der Waals surface area contributed by atoms with E-state index in [0.717, 1.165) is 12.0 Å². The molecule has 30 heavy (non-hydrogen) atoms. The quantitative estimate of drug-likeness (QED) is 0.461. The maximum atomic E-state index is 12.6. The standard InChI is InChI=1S/C22H34N4O4/c1-7-15-8-10-16(11-9-15)26-17(27)12-24-18(28)14(2)25-20(30)22(5,6)13-21(3,4)19(23)29/h8-11,14H,7,12-13H2,1-6H3,(H2,23,29)(H,24,28)(H,25,30)(H,26,27). The summed E-state index contributed by atoms with van der Waals surface area (Å²) >= 11 is 0. The third kappa shape index (κ3) is 7.50. The number of primary amides is 1. The molecule has 0 fully saturated rings. The summed E-state index contributed by atoms with van der Waals surface area (Å²) in [6.07, 6.45) is 1.14. The Morgan fingerprint density at radius 1 is 1.00 bits per heavy atom. The maximum Gasteiger partial charge on any atom is 0.243 e. The number of hydrogen-bond acceptors (Lipinski definition) is 4. The number of aryl methyl sites for hydroxylation is 1. The van der Waals surface area contributed by atoms with Gasteiger partial charge in [0.25, 0.3) is 0 Å². The van der Waals surface area contributed by atoms with Gasteiger partial charge in [0, 0.05) is 16.5 Å². The zero-order valence-electron chi connectivity index (χ0n) is 18.7. The Morgan fingerprint density at radius 3 is 2.07 bits per heavy atom. The van der Waals surface area contributed by atoms with Crippen molar-refractivity contribution in [3.8, 4) is 0 Å². The Bertz CT molecular complexity index is 785. The Morgan fingerprint density at radius 2 is 1.57 bits per heavy atom. The van der Waals surface area contributed by atoms with Crippen LogP contribution in [0.5, 0.6) is 0 Å². The summed E-state index contributed by atoms with van der Waals surface area (Å²) in [5.74, 6) is -1.72. The van der Waals surface area contributed by atoms with Gasteiger partial charge in [0.1, 0.15) is 6.04 Å². The second-order valence-corrected chi connectivity index (χ2v) is 8.82. The highest BCUT2D eigenvalue weighted by molar-refractivity contribution is 5.96. The van der Waals surface area contributed by atoms with Gasteiger partial charge < -0.3 is 21.7 Å². The van der Waals surface area contributed by atoms with Crippen LogP contribution in [0.4, 0.5) is 5.69 Å². The van der Waals surface area contributed by atoms with Crippen molar-refractivity contribution >= 4 is 29.3 Å². The molecule has 1 atom stereocenters. The van der Waals surface area contributed by atoms with Crippen molar-refractivity contribution in [1.29, 1.82) is 0 Å². The molecule has 0 radical (unpaired) electrons. The van der Waals surface area contributed by atoms with E-state index in [-0.39, 0.29) is 24.8 Å². The summed E-state index contributed by atoms with van der Waals surface area (Å²) in [5, 5.41) is 7.85. The highest BCUT2D eigenvalue weighted by Gasteiger charge is 2.38. The normalized spacial score (nSPS) is 12.6. The molecule has 1 aromatic carbocycles. The largest absolute Gasteiger partial charge is 0.369 e. The van der Waals surface area contributed by atoms with Crippen molar-refractivity contribution in [2.45, 2.75) is 60.4 Å². The lowest BCUT2D eigenvalue weighted by molar-refractivity contribution is -0.137. The van der Waals surface area contributed by atoms with Crippen molar-refractivity contribution in [2.24, 2.45) is 16.6 Å². The van der Waals surface area contributed by atoms with Crippen LogP contribution in [0.15, 0.2) is 24.3 Å². The molecule has 8 heteroatoms. The third-order valence-electron chi connectivity index (χ3n) is 4.98. The van der Waals surface area contributed by atoms with Crippen LogP contribution in [0, 0.1) is 10.8 Å². The number of rotatable bonds is 10. The van der Waals surface area contributed by atoms with Crippen LogP contribution in [0.25, 0.3) is 0 Å². The molecule has 1 unspecified atom stereocenters. The summed E-state index contributed by atoms with van der Waals surface area (Å²) in [6, 6.07) is 6.61. The molecule has 0 aliphatic carbocycles. The molecular formula is C22H34N4O4. The second kappa shape index (κ2) is 10.2. The molecule has 0 saturated heterocycles. The number of nitrogens with two attached hydrogens (primary N) is 1. The second-order valence-electron chi connectivity index (χ2n) is 8.82. The first-order chi connectivity index (χ1) is 13.8. The zero-order valence-corrected chi connectivity index (χ0v) is 18.7. The van der Waals surface area contributed by atoms with Gasteiger partial charge in [-0.3, -0.25) is 19.2 Å². The van der Waals surface area contributed by atoms with Crippen LogP contribution in [-0.4, -0.2) is 36.2 Å². The van der Waals surface area contributed by atoms with Gasteiger partial charge in [-0.25, -0.2) is 0 Å². The molecule has 0 aliphatic heterocycles. The molecule has 1 rings (SSSR count). The van der Waals surface area contributed by atoms with Gasteiger partial charge in [-0.15, -0.1) is 0 Å². The Kier molecular flexibility index (Phi) is 8.57. The molecule has 5 N–H and O–H groups in total. The van der Waals surface area contributed by atoms with Gasteiger partial charge in [-0.1, -0.05) is 46.8 Å². The van der Waals surface area contributed by atoms with Gasteiger partial charge in [-0.05, 0) is 37.5 Å². The van der Waals surface area contributed by atoms with E-state index in [0.29, 0.717) is 5.69 Å². The van der Waals surface area contributed by atoms with Crippen molar-refractivity contribution in [2.75, 3.05) is 11.9 Å². The third-order valence-corrected chi connectivity index (χ3v) is 4.98. The van der Waals surface area contributed by atoms with Gasteiger partial charge >= 0.3 is 0 Å². The summed E-state index contributed by atoms with van der Waals surface area (Å²) in [4.78, 5) is 48.4. The minimum atomic E-state index is -0.908. The summed E-state index contributed by atoms with van der Waals surface area (Å²) in [5.41, 5.74) is 5.43. The van der Waals surface area contributed by atoms with Crippen LogP contribution in [0.1, 0.15) is 53.5 Å². The van der Waals surface area contributed by atoms with Gasteiger partial charge in [0.15, 0.2) is 0 Å². The molecule has 0 spiro atoms. The number of benzene rings is 1. The topological polar surface area (TPSA) is 130 Å². The highest BCUT2D eigenvalue weighted by atomic mass is 16.2. The molecule has 166 valence electrons. The highest BCUT2D eigenvalue weighted by Crippen LogP contribution is 2.33. The predicted molar refractivity (Wildman–Crippen MR) is 116 cm³/mol. The SMILES string of the molecule is CCc1ccc(NC(=O)CNC(=O)C(C)NC(=O)C(C)(C)CC(C)(C)C(N)=O)cc1. The first-order valence-corrected chi connectivity index (χ1v) is 10.1. The number of carbonyl (C=O) groups excluding carboxylic acids is 4. The Hall–Kier alpha value is -2.90. The van der Waals surface area contributed by atoms with Gasteiger partial charge in [0.2, 0.25) is 23.6 Å². The summed E-state index contributed by atoms with van der Waals surface area (Å²) in [7, 11) is 0. The molecule has 0 saturated carbocycles. The monoisotopic (exact) mass is 418 g/mol. The lowest BCUT2D eigenvalue weighted by Gasteiger charge is -2.32. The van der Waals surface area contributed by atoms with E-state index in [1.54, 1.807) is 39.8 Å². The molecule has 1 aromatic rings. The average Bonchev–Trinajstić information content (AvgIpc) is 2.65. The van der Waals surface area contributed by atoms with Gasteiger partial charge in [-0.2, -0.15) is 0 Å². The van der Waals surface area contributed by atoms with Crippen LogP contribution in [0.2, 0.25) is 0 Å². The van der Waals surface area contributed by atoms with Crippen LogP contribution < -0.4 is 21.7 Å². The lowest BCUT2D eigenvalue weighted by Crippen LogP contribution is -2.51. The smallest absolute Gasteiger partial charge is 0.243 e. The van der Waals surface area contributed by atoms with Gasteiger partial charge in [0.05, 0.1) is 6.54 Å². The molecule has 0 heterocycles. The molecule has 4 amide bonds. The zero-order chi connectivity index (χ0) is 23.1. The van der Waals surface area contributed by atoms with E-state index in [4.69, 9.17) is 5.73 Å². The van der Waals surface area contributed by atoms with Crippen molar-refractivity contribution in [3.63, 3.8) is 0 Å². The molecule has 0 bridgehead atoms. The van der Waals surface area contributed by atoms with E-state index in [1.165, 1.54) is 6.92 Å². The van der Waals surface area contributed by atoms with E-state index >= 15 is 0 Å². The van der Waals surface area contributed by atoms with Crippen LogP contribution in [0.3, 0.4) is 0 Å². The molecule has 8 nitrogen and oxygen atoms in total. The number of nitrogens with one attached hydrogen (secondary N) is 3. The van der Waals surface area contributed by atoms with E-state index < -0.39 is 28.7 Å².